The topological polar surface area (TPSA) is 158 Å². The number of hydrazone groups is 1. The van der Waals surface area contributed by atoms with E-state index >= 15 is 0 Å². The van der Waals surface area contributed by atoms with Crippen LogP contribution in [0.1, 0.15) is 5.69 Å². The van der Waals surface area contributed by atoms with Crippen LogP contribution in [0.25, 0.3) is 0 Å². The summed E-state index contributed by atoms with van der Waals surface area (Å²) >= 11 is 0. The highest BCUT2D eigenvalue weighted by Gasteiger charge is 2.10. The van der Waals surface area contributed by atoms with Gasteiger partial charge in [0.05, 0.1) is 10.6 Å². The van der Waals surface area contributed by atoms with Crippen LogP contribution in [0.15, 0.2) is 34.0 Å². The molecule has 5 N–H and O–H groups in total. The van der Waals surface area contributed by atoms with E-state index in [1.54, 1.807) is 0 Å². The Kier molecular flexibility index (Phi) is 3.23. The first-order valence-corrected chi connectivity index (χ1v) is 5.00. The first kappa shape index (κ1) is 12.3. The van der Waals surface area contributed by atoms with Crippen molar-refractivity contribution in [3.8, 4) is 0 Å². The van der Waals surface area contributed by atoms with Crippen LogP contribution >= 0.6 is 0 Å². The molecule has 2 aromatic rings. The average Bonchev–Trinajstić information content (AvgIpc) is 2.83. The van der Waals surface area contributed by atoms with Gasteiger partial charge in [-0.05, 0) is 22.4 Å². The molecule has 98 valence electrons. The Balaban J connectivity index is 2.10. The van der Waals surface area contributed by atoms with E-state index < -0.39 is 4.92 Å². The van der Waals surface area contributed by atoms with Gasteiger partial charge >= 0.3 is 0 Å². The fourth-order valence-corrected chi connectivity index (χ4v) is 1.21. The third-order valence-electron chi connectivity index (χ3n) is 2.14. The molecular weight excluding hydrogens is 254 g/mol. The maximum Gasteiger partial charge on any atom is 0.269 e. The van der Waals surface area contributed by atoms with Crippen molar-refractivity contribution < 1.29 is 9.55 Å². The Labute approximate surface area is 106 Å². The summed E-state index contributed by atoms with van der Waals surface area (Å²) in [5, 5.41) is 21.1. The van der Waals surface area contributed by atoms with Gasteiger partial charge in [-0.25, -0.2) is 4.63 Å². The summed E-state index contributed by atoms with van der Waals surface area (Å²) in [6.45, 7) is 0. The lowest BCUT2D eigenvalue weighted by atomic mass is 10.3. The molecule has 10 nitrogen and oxygen atoms in total. The summed E-state index contributed by atoms with van der Waals surface area (Å²) in [6.07, 6.45) is 0. The van der Waals surface area contributed by atoms with Gasteiger partial charge in [-0.1, -0.05) is 0 Å². The fraction of sp³-hybridized carbons (Fsp3) is 0. The van der Waals surface area contributed by atoms with E-state index in [1.165, 1.54) is 24.3 Å². The number of nitrogens with one attached hydrogen (secondary N) is 1. The number of anilines is 2. The number of non-ortho nitro benzene ring substituents is 1. The molecule has 0 spiro atoms. The Hall–Kier alpha value is -3.17. The van der Waals surface area contributed by atoms with Crippen LogP contribution in [0.5, 0.6) is 0 Å². The van der Waals surface area contributed by atoms with Gasteiger partial charge in [0.15, 0.2) is 17.3 Å². The first-order valence-electron chi connectivity index (χ1n) is 5.00. The smallest absolute Gasteiger partial charge is 0.269 e. The molecule has 0 radical (unpaired) electrons. The molecule has 1 aromatic carbocycles. The van der Waals surface area contributed by atoms with Crippen molar-refractivity contribution in [2.24, 2.45) is 10.8 Å². The second-order valence-corrected chi connectivity index (χ2v) is 3.41. The number of nitrogen functional groups attached to an aromatic ring is 1. The maximum absolute atomic E-state index is 10.5. The fourth-order valence-electron chi connectivity index (χ4n) is 1.21. The van der Waals surface area contributed by atoms with Gasteiger partial charge < -0.3 is 11.5 Å². The normalized spacial score (nSPS) is 11.3. The Morgan fingerprint density at radius 2 is 2.05 bits per heavy atom. The van der Waals surface area contributed by atoms with E-state index in [0.717, 1.165) is 0 Å². The van der Waals surface area contributed by atoms with Crippen molar-refractivity contribution in [2.75, 3.05) is 11.2 Å². The minimum Gasteiger partial charge on any atom is -0.380 e. The number of amidine groups is 1. The number of nitro groups is 1. The number of nitrogens with zero attached hydrogens (tertiary/aromatic N) is 4. The van der Waals surface area contributed by atoms with Crippen molar-refractivity contribution in [1.82, 2.24) is 10.3 Å². The molecule has 2 rings (SSSR count). The van der Waals surface area contributed by atoms with E-state index in [0.29, 0.717) is 5.69 Å². The second-order valence-electron chi connectivity index (χ2n) is 3.41. The standard InChI is InChI=1S/C9H9N7O3/c10-8(7-9(11)15-19-14-7)13-12-5-1-3-6(4-2-5)16(17)18/h1-4,12H,(H2,10,13)(H2,11,15). The minimum atomic E-state index is -0.497. The number of hydrogen-bond acceptors (Lipinski definition) is 8. The molecule has 1 aromatic heterocycles. The van der Waals surface area contributed by atoms with Gasteiger partial charge in [0.25, 0.3) is 5.69 Å². The van der Waals surface area contributed by atoms with Crippen LogP contribution in [0.3, 0.4) is 0 Å². The minimum absolute atomic E-state index is 0.0166. The lowest BCUT2D eigenvalue weighted by molar-refractivity contribution is -0.384. The van der Waals surface area contributed by atoms with E-state index in [4.69, 9.17) is 11.5 Å². The molecule has 0 atom stereocenters. The van der Waals surface area contributed by atoms with Crippen molar-refractivity contribution in [1.29, 1.82) is 0 Å². The van der Waals surface area contributed by atoms with E-state index in [2.05, 4.69) is 25.5 Å². The van der Waals surface area contributed by atoms with Crippen LogP contribution in [-0.4, -0.2) is 21.1 Å². The van der Waals surface area contributed by atoms with Gasteiger partial charge in [-0.2, -0.15) is 5.10 Å². The predicted molar refractivity (Wildman–Crippen MR) is 66.2 cm³/mol. The highest BCUT2D eigenvalue weighted by molar-refractivity contribution is 5.99. The Bertz CT molecular complexity index is 619. The van der Waals surface area contributed by atoms with Crippen molar-refractivity contribution in [3.63, 3.8) is 0 Å². The molecule has 1 heterocycles. The van der Waals surface area contributed by atoms with E-state index in [-0.39, 0.29) is 23.0 Å². The molecule has 0 saturated heterocycles. The van der Waals surface area contributed by atoms with Gasteiger partial charge in [-0.15, -0.1) is 0 Å². The summed E-state index contributed by atoms with van der Waals surface area (Å²) in [6, 6.07) is 5.64. The van der Waals surface area contributed by atoms with Crippen LogP contribution in [0, 0.1) is 10.1 Å². The van der Waals surface area contributed by atoms with Gasteiger partial charge in [0.2, 0.25) is 0 Å². The summed E-state index contributed by atoms with van der Waals surface area (Å²) in [5.74, 6) is 0.00357. The molecule has 0 bridgehead atoms. The second kappa shape index (κ2) is 5.00. The van der Waals surface area contributed by atoms with Crippen molar-refractivity contribution in [2.45, 2.75) is 0 Å². The van der Waals surface area contributed by atoms with Gasteiger partial charge in [0, 0.05) is 12.1 Å². The number of benzene rings is 1. The van der Waals surface area contributed by atoms with E-state index in [9.17, 15) is 10.1 Å². The summed E-state index contributed by atoms with van der Waals surface area (Å²) in [7, 11) is 0. The predicted octanol–water partition coefficient (Wildman–Crippen LogP) is 0.292. The van der Waals surface area contributed by atoms with Crippen LogP contribution < -0.4 is 16.9 Å². The molecule has 0 aliphatic heterocycles. The largest absolute Gasteiger partial charge is 0.380 e. The number of nitrogens with two attached hydrogens (primary N) is 2. The highest BCUT2D eigenvalue weighted by Crippen LogP contribution is 2.15. The molecule has 0 aliphatic carbocycles. The third kappa shape index (κ3) is 2.74. The molecule has 0 saturated carbocycles. The number of rotatable bonds is 4. The number of aromatic nitrogens is 2. The Morgan fingerprint density at radius 3 is 2.58 bits per heavy atom. The zero-order valence-electron chi connectivity index (χ0n) is 9.48. The first-order chi connectivity index (χ1) is 9.08. The quantitative estimate of drug-likeness (QED) is 0.307. The van der Waals surface area contributed by atoms with Crippen molar-refractivity contribution in [3.05, 3.63) is 40.1 Å². The molecule has 0 aliphatic rings. The summed E-state index contributed by atoms with van der Waals surface area (Å²) in [5.41, 5.74) is 14.3. The van der Waals surface area contributed by atoms with Crippen molar-refractivity contribution >= 4 is 23.0 Å². The lowest BCUT2D eigenvalue weighted by Gasteiger charge is -2.00. The van der Waals surface area contributed by atoms with Crippen LogP contribution in [0.2, 0.25) is 0 Å². The van der Waals surface area contributed by atoms with Crippen LogP contribution in [-0.2, 0) is 0 Å². The van der Waals surface area contributed by atoms with E-state index in [1.807, 2.05) is 0 Å². The molecular formula is C9H9N7O3. The molecule has 0 amide bonds. The molecule has 19 heavy (non-hydrogen) atoms. The monoisotopic (exact) mass is 263 g/mol. The average molecular weight is 263 g/mol. The van der Waals surface area contributed by atoms with Crippen LogP contribution in [0.4, 0.5) is 17.2 Å². The molecule has 10 heteroatoms. The van der Waals surface area contributed by atoms with Gasteiger partial charge in [-0.3, -0.25) is 15.5 Å². The number of hydrogen-bond donors (Lipinski definition) is 3. The number of nitro benzene ring substituents is 1. The zero-order chi connectivity index (χ0) is 13.8. The molecule has 0 unspecified atom stereocenters. The zero-order valence-corrected chi connectivity index (χ0v) is 9.48. The lowest BCUT2D eigenvalue weighted by Crippen LogP contribution is -2.17. The van der Waals surface area contributed by atoms with Gasteiger partial charge in [0.1, 0.15) is 0 Å². The molecule has 0 fully saturated rings. The third-order valence-corrected chi connectivity index (χ3v) is 2.14. The summed E-state index contributed by atoms with van der Waals surface area (Å²) < 4.78 is 4.37. The Morgan fingerprint density at radius 1 is 1.37 bits per heavy atom. The summed E-state index contributed by atoms with van der Waals surface area (Å²) in [4.78, 5) is 9.97. The maximum atomic E-state index is 10.5. The SMILES string of the molecule is N/C(=N\Nc1ccc([N+](=O)[O-])cc1)c1nonc1N. The highest BCUT2D eigenvalue weighted by atomic mass is 16.6.